The molecule has 0 heterocycles. The fraction of sp³-hybridized carbons (Fsp3) is 0.400. The molecular formula is C30H36N2O3. The van der Waals surface area contributed by atoms with E-state index in [2.05, 4.69) is 5.32 Å². The van der Waals surface area contributed by atoms with Crippen LogP contribution in [0.1, 0.15) is 56.6 Å². The summed E-state index contributed by atoms with van der Waals surface area (Å²) in [5.74, 6) is 0.417. The topological polar surface area (TPSA) is 58.6 Å². The Balaban J connectivity index is 1.52. The van der Waals surface area contributed by atoms with Crippen LogP contribution in [0.5, 0.6) is 5.75 Å². The second-order valence-corrected chi connectivity index (χ2v) is 9.54. The highest BCUT2D eigenvalue weighted by molar-refractivity contribution is 5.90. The number of benzene rings is 3. The van der Waals surface area contributed by atoms with E-state index in [1.54, 1.807) is 4.90 Å². The molecule has 1 aliphatic rings. The zero-order valence-electron chi connectivity index (χ0n) is 20.8. The number of hydrogen-bond donors (Lipinski definition) is 1. The number of fused-ring (bicyclic) bond motifs is 1. The molecule has 1 aliphatic carbocycles. The third kappa shape index (κ3) is 6.41. The normalized spacial score (nSPS) is 14.9. The fourth-order valence-electron chi connectivity index (χ4n) is 4.90. The summed E-state index contributed by atoms with van der Waals surface area (Å²) in [6.07, 6.45) is 6.09. The summed E-state index contributed by atoms with van der Waals surface area (Å²) in [5, 5.41) is 5.25. The van der Waals surface area contributed by atoms with Crippen molar-refractivity contribution in [3.63, 3.8) is 0 Å². The molecular weight excluding hydrogens is 436 g/mol. The van der Waals surface area contributed by atoms with Crippen molar-refractivity contribution in [3.8, 4) is 5.75 Å². The van der Waals surface area contributed by atoms with Gasteiger partial charge in [-0.25, -0.2) is 0 Å². The van der Waals surface area contributed by atoms with E-state index in [4.69, 9.17) is 4.74 Å². The van der Waals surface area contributed by atoms with Crippen molar-refractivity contribution < 1.29 is 14.3 Å². The number of amides is 2. The molecule has 0 saturated heterocycles. The van der Waals surface area contributed by atoms with Crippen LogP contribution in [0.15, 0.2) is 66.7 Å². The molecule has 0 bridgehead atoms. The van der Waals surface area contributed by atoms with Gasteiger partial charge in [-0.1, -0.05) is 92.4 Å². The number of nitrogens with one attached hydrogen (secondary N) is 1. The van der Waals surface area contributed by atoms with Crippen LogP contribution in [-0.2, 0) is 16.1 Å². The lowest BCUT2D eigenvalue weighted by Gasteiger charge is -2.32. The molecule has 0 unspecified atom stereocenters. The monoisotopic (exact) mass is 472 g/mol. The zero-order valence-corrected chi connectivity index (χ0v) is 20.8. The smallest absolute Gasteiger partial charge is 0.261 e. The third-order valence-corrected chi connectivity index (χ3v) is 6.91. The highest BCUT2D eigenvalue weighted by Crippen LogP contribution is 2.25. The number of carbonyl (C=O) groups is 2. The Morgan fingerprint density at radius 3 is 2.43 bits per heavy atom. The van der Waals surface area contributed by atoms with E-state index in [1.165, 1.54) is 6.42 Å². The van der Waals surface area contributed by atoms with Crippen molar-refractivity contribution >= 4 is 22.6 Å². The minimum atomic E-state index is -0.540. The Hall–Kier alpha value is -3.34. The number of aryl methyl sites for hydroxylation is 1. The first-order valence-electron chi connectivity index (χ1n) is 12.8. The number of carbonyl (C=O) groups excluding carboxylic acids is 2. The highest BCUT2D eigenvalue weighted by Gasteiger charge is 2.30. The Bertz CT molecular complexity index is 1130. The largest absolute Gasteiger partial charge is 0.483 e. The van der Waals surface area contributed by atoms with Gasteiger partial charge in [0.25, 0.3) is 5.91 Å². The van der Waals surface area contributed by atoms with Crippen LogP contribution >= 0.6 is 0 Å². The van der Waals surface area contributed by atoms with Crippen LogP contribution in [-0.4, -0.2) is 35.4 Å². The maximum absolute atomic E-state index is 13.5. The number of hydrogen-bond acceptors (Lipinski definition) is 3. The van der Waals surface area contributed by atoms with Crippen LogP contribution in [0.25, 0.3) is 10.8 Å². The maximum Gasteiger partial charge on any atom is 0.261 e. The van der Waals surface area contributed by atoms with E-state index < -0.39 is 6.04 Å². The highest BCUT2D eigenvalue weighted by atomic mass is 16.5. The van der Waals surface area contributed by atoms with Gasteiger partial charge in [-0.05, 0) is 43.2 Å². The molecule has 4 rings (SSSR count). The maximum atomic E-state index is 13.5. The Labute approximate surface area is 208 Å². The van der Waals surface area contributed by atoms with Gasteiger partial charge in [0.1, 0.15) is 11.8 Å². The lowest BCUT2D eigenvalue weighted by Crippen LogP contribution is -2.52. The van der Waals surface area contributed by atoms with E-state index in [-0.39, 0.29) is 24.5 Å². The molecule has 0 aromatic heterocycles. The number of ether oxygens (including phenoxy) is 1. The van der Waals surface area contributed by atoms with Crippen LogP contribution in [0, 0.1) is 6.92 Å². The van der Waals surface area contributed by atoms with Crippen LogP contribution in [0.4, 0.5) is 0 Å². The second kappa shape index (κ2) is 11.9. The summed E-state index contributed by atoms with van der Waals surface area (Å²) in [6.45, 7) is 4.25. The molecule has 1 N–H and O–H groups in total. The SMILES string of the molecule is CC[C@H](C(=O)NC1CCCCC1)N(Cc1ccc(C)cc1)C(=O)COc1cccc2ccccc12. The van der Waals surface area contributed by atoms with Crippen molar-refractivity contribution in [2.75, 3.05) is 6.61 Å². The lowest BCUT2D eigenvalue weighted by atomic mass is 9.95. The second-order valence-electron chi connectivity index (χ2n) is 9.54. The summed E-state index contributed by atoms with van der Waals surface area (Å²) in [6, 6.07) is 21.6. The van der Waals surface area contributed by atoms with Gasteiger partial charge in [-0.15, -0.1) is 0 Å². The van der Waals surface area contributed by atoms with Gasteiger partial charge in [0, 0.05) is 18.0 Å². The molecule has 35 heavy (non-hydrogen) atoms. The number of nitrogens with zero attached hydrogens (tertiary/aromatic N) is 1. The lowest BCUT2D eigenvalue weighted by molar-refractivity contribution is -0.143. The molecule has 0 radical (unpaired) electrons. The molecule has 3 aromatic carbocycles. The fourth-order valence-corrected chi connectivity index (χ4v) is 4.90. The van der Waals surface area contributed by atoms with Crippen molar-refractivity contribution in [1.29, 1.82) is 0 Å². The van der Waals surface area contributed by atoms with Crippen molar-refractivity contribution in [2.45, 2.75) is 71.0 Å². The standard InChI is InChI=1S/C30H36N2O3/c1-3-27(30(34)31-25-12-5-4-6-13-25)32(20-23-18-16-22(2)17-19-23)29(33)21-35-28-15-9-11-24-10-7-8-14-26(24)28/h7-11,14-19,25,27H,3-6,12-13,20-21H2,1-2H3,(H,31,34)/t27-/m1/s1. The summed E-state index contributed by atoms with van der Waals surface area (Å²) in [4.78, 5) is 28.6. The summed E-state index contributed by atoms with van der Waals surface area (Å²) in [5.41, 5.74) is 2.16. The third-order valence-electron chi connectivity index (χ3n) is 6.91. The molecule has 0 aliphatic heterocycles. The first-order chi connectivity index (χ1) is 17.0. The van der Waals surface area contributed by atoms with E-state index in [0.717, 1.165) is 47.6 Å². The first kappa shape index (κ1) is 24.8. The van der Waals surface area contributed by atoms with Crippen LogP contribution in [0.3, 0.4) is 0 Å². The van der Waals surface area contributed by atoms with Crippen molar-refractivity contribution in [3.05, 3.63) is 77.9 Å². The average Bonchev–Trinajstić information content (AvgIpc) is 2.89. The predicted octanol–water partition coefficient (Wildman–Crippen LogP) is 5.78. The summed E-state index contributed by atoms with van der Waals surface area (Å²) in [7, 11) is 0. The van der Waals surface area contributed by atoms with Crippen LogP contribution in [0.2, 0.25) is 0 Å². The van der Waals surface area contributed by atoms with Gasteiger partial charge < -0.3 is 15.0 Å². The Morgan fingerprint density at radius 2 is 1.69 bits per heavy atom. The van der Waals surface area contributed by atoms with Gasteiger partial charge >= 0.3 is 0 Å². The van der Waals surface area contributed by atoms with E-state index in [1.807, 2.05) is 80.6 Å². The minimum Gasteiger partial charge on any atom is -0.483 e. The molecule has 2 amide bonds. The van der Waals surface area contributed by atoms with Crippen molar-refractivity contribution in [1.82, 2.24) is 10.2 Å². The quantitative estimate of drug-likeness (QED) is 0.429. The van der Waals surface area contributed by atoms with Gasteiger partial charge in [0.05, 0.1) is 0 Å². The summed E-state index contributed by atoms with van der Waals surface area (Å²) >= 11 is 0. The van der Waals surface area contributed by atoms with Gasteiger partial charge in [-0.3, -0.25) is 9.59 Å². The average molecular weight is 473 g/mol. The zero-order chi connectivity index (χ0) is 24.6. The van der Waals surface area contributed by atoms with E-state index in [0.29, 0.717) is 18.7 Å². The molecule has 5 nitrogen and oxygen atoms in total. The van der Waals surface area contributed by atoms with Gasteiger partial charge in [0.15, 0.2) is 6.61 Å². The van der Waals surface area contributed by atoms with Gasteiger partial charge in [0.2, 0.25) is 5.91 Å². The molecule has 5 heteroatoms. The Morgan fingerprint density at radius 1 is 0.971 bits per heavy atom. The molecule has 1 atom stereocenters. The van der Waals surface area contributed by atoms with Crippen LogP contribution < -0.4 is 10.1 Å². The van der Waals surface area contributed by atoms with E-state index >= 15 is 0 Å². The number of rotatable bonds is 9. The molecule has 1 saturated carbocycles. The molecule has 1 fully saturated rings. The predicted molar refractivity (Wildman–Crippen MR) is 140 cm³/mol. The van der Waals surface area contributed by atoms with Crippen molar-refractivity contribution in [2.24, 2.45) is 0 Å². The molecule has 184 valence electrons. The molecule has 3 aromatic rings. The first-order valence-corrected chi connectivity index (χ1v) is 12.8. The van der Waals surface area contributed by atoms with Gasteiger partial charge in [-0.2, -0.15) is 0 Å². The molecule has 0 spiro atoms. The Kier molecular flexibility index (Phi) is 8.40. The summed E-state index contributed by atoms with van der Waals surface area (Å²) < 4.78 is 6.02. The minimum absolute atomic E-state index is 0.0648. The van der Waals surface area contributed by atoms with E-state index in [9.17, 15) is 9.59 Å².